The minimum Gasteiger partial charge on any atom is -0.867 e. The predicted octanol–water partition coefficient (Wildman–Crippen LogP) is 6.91. The Morgan fingerprint density at radius 3 is 2.26 bits per heavy atom. The number of methoxy groups -OCH3 is 2. The minimum absolute atomic E-state index is 0. The summed E-state index contributed by atoms with van der Waals surface area (Å²) in [6, 6.07) is 19.6. The number of aromatic hydroxyl groups is 1. The van der Waals surface area contributed by atoms with Crippen molar-refractivity contribution in [2.24, 2.45) is 0 Å². The van der Waals surface area contributed by atoms with Crippen molar-refractivity contribution in [2.45, 2.75) is 37.8 Å². The Balaban J connectivity index is 0.00000217. The Morgan fingerprint density at radius 1 is 0.830 bits per heavy atom. The Kier molecular flexibility index (Phi) is 9.81. The molecule has 2 atom stereocenters. The molecule has 4 aliphatic heterocycles. The van der Waals surface area contributed by atoms with Crippen molar-refractivity contribution in [3.8, 4) is 46.0 Å². The molecule has 6 bridgehead atoms. The van der Waals surface area contributed by atoms with Crippen LogP contribution in [0.4, 0.5) is 0 Å². The first-order valence-corrected chi connectivity index (χ1v) is 15.6. The highest BCUT2D eigenvalue weighted by Gasteiger charge is 2.39. The molecule has 0 fully saturated rings. The van der Waals surface area contributed by atoms with Crippen molar-refractivity contribution in [3.63, 3.8) is 0 Å². The van der Waals surface area contributed by atoms with Crippen LogP contribution < -0.4 is 24.1 Å². The molecule has 0 aromatic heterocycles. The summed E-state index contributed by atoms with van der Waals surface area (Å²) in [5.74, 6) is 2.59. The molecule has 4 aromatic carbocycles. The lowest BCUT2D eigenvalue weighted by molar-refractivity contribution is -0.923. The number of phenols is 1. The number of nitrogens with zero attached hydrogens (tertiary/aromatic N) is 2. The van der Waals surface area contributed by atoms with Crippen molar-refractivity contribution in [1.82, 2.24) is 4.90 Å². The van der Waals surface area contributed by atoms with E-state index in [1.807, 2.05) is 30.3 Å². The largest absolute Gasteiger partial charge is 0.867 e. The highest BCUT2D eigenvalue weighted by molar-refractivity contribution is 5.85. The van der Waals surface area contributed by atoms with Crippen molar-refractivity contribution < 1.29 is 33.6 Å². The van der Waals surface area contributed by atoms with Gasteiger partial charge in [-0.25, -0.2) is 0 Å². The molecule has 47 heavy (non-hydrogen) atoms. The van der Waals surface area contributed by atoms with Crippen LogP contribution in [-0.4, -0.2) is 62.9 Å². The van der Waals surface area contributed by atoms with Crippen LogP contribution in [0.3, 0.4) is 0 Å². The predicted molar refractivity (Wildman–Crippen MR) is 185 cm³/mol. The van der Waals surface area contributed by atoms with E-state index >= 15 is 0 Å². The van der Waals surface area contributed by atoms with Gasteiger partial charge in [0, 0.05) is 25.4 Å². The number of likely N-dealkylation sites (N-methyl/N-ethyl adjacent to an activating group) is 2. The molecule has 0 amide bonds. The summed E-state index contributed by atoms with van der Waals surface area (Å²) in [6.07, 6.45) is 3.09. The van der Waals surface area contributed by atoms with Gasteiger partial charge in [0.1, 0.15) is 23.3 Å². The van der Waals surface area contributed by atoms with E-state index in [1.54, 1.807) is 13.2 Å². The number of phenolic OH excluding ortho intramolecular Hbond substituents is 1. The molecule has 0 saturated carbocycles. The molecule has 8 rings (SSSR count). The van der Waals surface area contributed by atoms with E-state index in [4.69, 9.17) is 18.9 Å². The van der Waals surface area contributed by atoms with Gasteiger partial charge in [-0.3, -0.25) is 4.90 Å². The van der Waals surface area contributed by atoms with Gasteiger partial charge in [0.25, 0.3) is 0 Å². The van der Waals surface area contributed by atoms with Gasteiger partial charge in [0.2, 0.25) is 0 Å². The van der Waals surface area contributed by atoms with Gasteiger partial charge in [-0.1, -0.05) is 18.2 Å². The number of halogens is 2. The van der Waals surface area contributed by atoms with Crippen molar-refractivity contribution in [1.29, 1.82) is 0 Å². The first kappa shape index (κ1) is 34.5. The van der Waals surface area contributed by atoms with Crippen LogP contribution in [0.1, 0.15) is 45.5 Å². The summed E-state index contributed by atoms with van der Waals surface area (Å²) in [6.45, 7) is 1.81. The monoisotopic (exact) mass is 680 g/mol. The molecule has 0 saturated heterocycles. The van der Waals surface area contributed by atoms with Crippen LogP contribution >= 0.6 is 24.8 Å². The van der Waals surface area contributed by atoms with E-state index in [0.717, 1.165) is 54.6 Å². The lowest BCUT2D eigenvalue weighted by Crippen LogP contribution is -2.48. The van der Waals surface area contributed by atoms with Gasteiger partial charge in [0.15, 0.2) is 23.0 Å². The summed E-state index contributed by atoms with van der Waals surface area (Å²) >= 11 is 0. The number of hydrogen-bond donors (Lipinski definition) is 1. The van der Waals surface area contributed by atoms with Crippen molar-refractivity contribution in [2.75, 3.05) is 48.5 Å². The van der Waals surface area contributed by atoms with Crippen molar-refractivity contribution in [3.05, 3.63) is 94.0 Å². The van der Waals surface area contributed by atoms with Crippen LogP contribution in [-0.2, 0) is 25.7 Å². The SMILES string of the molecule is COc1cc2c3cc1Oc1cc(ccc1O)CC1c4c(cc(OC)c([O-])c4Oc4ccc(cc4)CC3N(C)CC2)CC[N+]1(C)C.Cl.Cl. The number of quaternary nitrogens is 1. The average Bonchev–Trinajstić information content (AvgIpc) is 3.03. The fraction of sp³-hybridized carbons (Fsp3) is 0.351. The first-order chi connectivity index (χ1) is 21.6. The zero-order valence-electron chi connectivity index (χ0n) is 27.4. The lowest BCUT2D eigenvalue weighted by atomic mass is 9.86. The summed E-state index contributed by atoms with van der Waals surface area (Å²) in [7, 11) is 9.71. The number of fused-ring (bicyclic) bond motifs is 2. The molecule has 0 aliphatic carbocycles. The maximum absolute atomic E-state index is 13.8. The number of hydrogen-bond acceptors (Lipinski definition) is 7. The van der Waals surface area contributed by atoms with E-state index in [9.17, 15) is 10.2 Å². The van der Waals surface area contributed by atoms with E-state index in [2.05, 4.69) is 50.3 Å². The quantitative estimate of drug-likeness (QED) is 0.230. The third-order valence-electron chi connectivity index (χ3n) is 9.98. The van der Waals surface area contributed by atoms with E-state index in [-0.39, 0.29) is 48.4 Å². The zero-order chi connectivity index (χ0) is 31.5. The molecule has 0 spiro atoms. The van der Waals surface area contributed by atoms with Gasteiger partial charge in [-0.2, -0.15) is 0 Å². The maximum Gasteiger partial charge on any atom is 0.169 e. The molecule has 10 heteroatoms. The van der Waals surface area contributed by atoms with E-state index in [0.29, 0.717) is 45.4 Å². The molecule has 4 aliphatic rings. The molecular weight excluding hydrogens is 639 g/mol. The molecule has 4 heterocycles. The highest BCUT2D eigenvalue weighted by Crippen LogP contribution is 2.50. The van der Waals surface area contributed by atoms with Crippen LogP contribution in [0.15, 0.2) is 60.7 Å². The van der Waals surface area contributed by atoms with Crippen LogP contribution in [0.25, 0.3) is 0 Å². The summed E-state index contributed by atoms with van der Waals surface area (Å²) in [4.78, 5) is 2.37. The molecular formula is C37H42Cl2N2O6. The van der Waals surface area contributed by atoms with Crippen LogP contribution in [0.5, 0.6) is 46.0 Å². The number of benzene rings is 4. The van der Waals surface area contributed by atoms with Crippen molar-refractivity contribution >= 4 is 24.8 Å². The fourth-order valence-corrected chi connectivity index (χ4v) is 7.25. The summed E-state index contributed by atoms with van der Waals surface area (Å²) in [5.41, 5.74) is 6.51. The minimum atomic E-state index is -0.252. The second-order valence-corrected chi connectivity index (χ2v) is 13.1. The van der Waals surface area contributed by atoms with Gasteiger partial charge in [-0.15, -0.1) is 24.8 Å². The molecule has 2 unspecified atom stereocenters. The normalized spacial score (nSPS) is 19.3. The molecule has 1 N–H and O–H groups in total. The zero-order valence-corrected chi connectivity index (χ0v) is 29.0. The third-order valence-corrected chi connectivity index (χ3v) is 9.98. The average molecular weight is 682 g/mol. The first-order valence-electron chi connectivity index (χ1n) is 15.6. The third kappa shape index (κ3) is 6.27. The standard InChI is InChI=1S/C37H40N2O6.2ClH/c1-38-14-12-24-19-32(42-4)33-21-27(24)28(38)16-22-6-9-26(10-7-22)44-37-35-25(20-34(43-5)36(37)41)13-15-39(2,3)29(35)17-23-8-11-30(40)31(18-23)45-33;;/h6-11,18-21,28-29H,12-17H2,1-5H3,(H-,40,41);2*1H. The van der Waals surface area contributed by atoms with Crippen LogP contribution in [0.2, 0.25) is 0 Å². The second-order valence-electron chi connectivity index (χ2n) is 13.1. The molecule has 4 aromatic rings. The highest BCUT2D eigenvalue weighted by atomic mass is 35.5. The second kappa shape index (κ2) is 13.4. The molecule has 8 nitrogen and oxygen atoms in total. The summed E-state index contributed by atoms with van der Waals surface area (Å²) < 4.78 is 25.0. The molecule has 250 valence electrons. The van der Waals surface area contributed by atoms with Gasteiger partial charge in [0.05, 0.1) is 40.4 Å². The van der Waals surface area contributed by atoms with Gasteiger partial charge < -0.3 is 33.6 Å². The Hall–Kier alpha value is -3.82. The Morgan fingerprint density at radius 2 is 1.53 bits per heavy atom. The van der Waals surface area contributed by atoms with E-state index < -0.39 is 0 Å². The Bertz CT molecular complexity index is 1780. The van der Waals surface area contributed by atoms with Gasteiger partial charge >= 0.3 is 0 Å². The van der Waals surface area contributed by atoms with Gasteiger partial charge in [-0.05, 0) is 95.9 Å². The Labute approximate surface area is 288 Å². The fourth-order valence-electron chi connectivity index (χ4n) is 7.25. The topological polar surface area (TPSA) is 83.5 Å². The lowest BCUT2D eigenvalue weighted by Gasteiger charge is -2.44. The smallest absolute Gasteiger partial charge is 0.169 e. The van der Waals surface area contributed by atoms with Crippen LogP contribution in [0, 0.1) is 0 Å². The maximum atomic E-state index is 13.8. The number of rotatable bonds is 2. The summed E-state index contributed by atoms with van der Waals surface area (Å²) in [5, 5.41) is 24.8. The van der Waals surface area contributed by atoms with E-state index in [1.165, 1.54) is 18.2 Å². The number of ether oxygens (including phenoxy) is 4. The molecule has 0 radical (unpaired) electrons.